The summed E-state index contributed by atoms with van der Waals surface area (Å²) in [7, 11) is 0. The van der Waals surface area contributed by atoms with Crippen LogP contribution in [-0.4, -0.2) is 28.0 Å². The molecule has 0 saturated carbocycles. The minimum absolute atomic E-state index is 0.187. The number of amides is 1. The Labute approximate surface area is 175 Å². The van der Waals surface area contributed by atoms with E-state index in [4.69, 9.17) is 4.74 Å². The standard InChI is InChI=1S/C20H12F7N3O2/c21-18(22,19(23,24)20(25,26)27)13-5-3-12(4-6-13)17(31)30-14-7-8-16(29-10-14)32-15-2-1-9-28-11-15/h1-11H,(H,30,31). The van der Waals surface area contributed by atoms with Gasteiger partial charge in [0, 0.05) is 23.4 Å². The normalized spacial score (nSPS) is 12.3. The maximum Gasteiger partial charge on any atom is 0.460 e. The Balaban J connectivity index is 1.68. The molecule has 3 rings (SSSR count). The lowest BCUT2D eigenvalue weighted by Crippen LogP contribution is -2.50. The van der Waals surface area contributed by atoms with Gasteiger partial charge in [0.05, 0.1) is 18.1 Å². The van der Waals surface area contributed by atoms with Gasteiger partial charge in [0.15, 0.2) is 0 Å². The lowest BCUT2D eigenvalue weighted by atomic mass is 10.00. The van der Waals surface area contributed by atoms with Crippen molar-refractivity contribution in [2.45, 2.75) is 18.0 Å². The molecular weight excluding hydrogens is 447 g/mol. The molecule has 0 spiro atoms. The van der Waals surface area contributed by atoms with Gasteiger partial charge in [-0.2, -0.15) is 30.7 Å². The molecule has 168 valence electrons. The smallest absolute Gasteiger partial charge is 0.437 e. The van der Waals surface area contributed by atoms with Crippen molar-refractivity contribution in [2.75, 3.05) is 5.32 Å². The molecule has 2 heterocycles. The molecule has 0 saturated heterocycles. The number of pyridine rings is 2. The van der Waals surface area contributed by atoms with Crippen LogP contribution in [0.3, 0.4) is 0 Å². The SMILES string of the molecule is O=C(Nc1ccc(Oc2cccnc2)nc1)c1ccc(C(F)(F)C(F)(F)C(F)(F)F)cc1. The lowest BCUT2D eigenvalue weighted by molar-refractivity contribution is -0.359. The highest BCUT2D eigenvalue weighted by molar-refractivity contribution is 6.04. The predicted octanol–water partition coefficient (Wildman–Crippen LogP) is 5.81. The molecule has 12 heteroatoms. The van der Waals surface area contributed by atoms with E-state index in [1.165, 1.54) is 24.5 Å². The number of aromatic nitrogens is 2. The van der Waals surface area contributed by atoms with E-state index in [0.717, 1.165) is 0 Å². The average Bonchev–Trinajstić information content (AvgIpc) is 2.75. The van der Waals surface area contributed by atoms with Crippen molar-refractivity contribution in [3.05, 3.63) is 78.2 Å². The van der Waals surface area contributed by atoms with Gasteiger partial charge in [0.25, 0.3) is 5.91 Å². The summed E-state index contributed by atoms with van der Waals surface area (Å²) in [6.45, 7) is 0. The van der Waals surface area contributed by atoms with Gasteiger partial charge in [-0.3, -0.25) is 9.78 Å². The van der Waals surface area contributed by atoms with Crippen LogP contribution in [0, 0.1) is 0 Å². The monoisotopic (exact) mass is 459 g/mol. The number of benzene rings is 1. The number of hydrogen-bond donors (Lipinski definition) is 1. The number of hydrogen-bond acceptors (Lipinski definition) is 4. The zero-order chi connectivity index (χ0) is 23.6. The van der Waals surface area contributed by atoms with Gasteiger partial charge in [-0.25, -0.2) is 4.98 Å². The zero-order valence-corrected chi connectivity index (χ0v) is 15.7. The molecule has 0 fully saturated rings. The van der Waals surface area contributed by atoms with E-state index in [9.17, 15) is 35.5 Å². The molecular formula is C20H12F7N3O2. The van der Waals surface area contributed by atoms with E-state index in [1.807, 2.05) is 0 Å². The van der Waals surface area contributed by atoms with Gasteiger partial charge in [-0.15, -0.1) is 0 Å². The highest BCUT2D eigenvalue weighted by Gasteiger charge is 2.73. The second-order valence-corrected chi connectivity index (χ2v) is 6.35. The van der Waals surface area contributed by atoms with Gasteiger partial charge in [-0.1, -0.05) is 12.1 Å². The van der Waals surface area contributed by atoms with Gasteiger partial charge in [-0.05, 0) is 30.3 Å². The van der Waals surface area contributed by atoms with Crippen molar-refractivity contribution < 1.29 is 40.3 Å². The maximum absolute atomic E-state index is 13.7. The fourth-order valence-electron chi connectivity index (χ4n) is 2.44. The summed E-state index contributed by atoms with van der Waals surface area (Å²) in [6, 6.07) is 8.21. The number of nitrogens with one attached hydrogen (secondary N) is 1. The summed E-state index contributed by atoms with van der Waals surface area (Å²) in [5.41, 5.74) is -1.66. The first kappa shape index (κ1) is 23.0. The van der Waals surface area contributed by atoms with Crippen molar-refractivity contribution in [3.63, 3.8) is 0 Å². The fourth-order valence-corrected chi connectivity index (χ4v) is 2.44. The van der Waals surface area contributed by atoms with Gasteiger partial charge < -0.3 is 10.1 Å². The number of nitrogens with zero attached hydrogens (tertiary/aromatic N) is 2. The Hall–Kier alpha value is -3.70. The first-order valence-electron chi connectivity index (χ1n) is 8.70. The number of rotatable bonds is 6. The largest absolute Gasteiger partial charge is 0.460 e. The van der Waals surface area contributed by atoms with Crippen LogP contribution in [0.25, 0.3) is 0 Å². The topological polar surface area (TPSA) is 64.1 Å². The van der Waals surface area contributed by atoms with E-state index < -0.39 is 29.5 Å². The number of alkyl halides is 7. The van der Waals surface area contributed by atoms with Crippen molar-refractivity contribution in [3.8, 4) is 11.6 Å². The number of carbonyl (C=O) groups excluding carboxylic acids is 1. The molecule has 0 atom stereocenters. The Morgan fingerprint density at radius 2 is 1.56 bits per heavy atom. The number of ether oxygens (including phenoxy) is 1. The van der Waals surface area contributed by atoms with Crippen LogP contribution in [0.15, 0.2) is 67.1 Å². The molecule has 5 nitrogen and oxygen atoms in total. The molecule has 0 aliphatic heterocycles. The van der Waals surface area contributed by atoms with Crippen molar-refractivity contribution in [1.29, 1.82) is 0 Å². The highest BCUT2D eigenvalue weighted by Crippen LogP contribution is 2.51. The molecule has 3 aromatic rings. The van der Waals surface area contributed by atoms with E-state index in [2.05, 4.69) is 15.3 Å². The quantitative estimate of drug-likeness (QED) is 0.473. The molecule has 0 aliphatic rings. The molecule has 2 aromatic heterocycles. The van der Waals surface area contributed by atoms with E-state index in [0.29, 0.717) is 30.0 Å². The zero-order valence-electron chi connectivity index (χ0n) is 15.7. The Kier molecular flexibility index (Phi) is 6.06. The third-order valence-electron chi connectivity index (χ3n) is 4.11. The van der Waals surface area contributed by atoms with Crippen LogP contribution < -0.4 is 10.1 Å². The predicted molar refractivity (Wildman–Crippen MR) is 97.8 cm³/mol. The van der Waals surface area contributed by atoms with E-state index in [1.54, 1.807) is 18.3 Å². The number of carbonyl (C=O) groups is 1. The highest BCUT2D eigenvalue weighted by atomic mass is 19.4. The number of halogens is 7. The Morgan fingerprint density at radius 1 is 0.875 bits per heavy atom. The van der Waals surface area contributed by atoms with Gasteiger partial charge >= 0.3 is 18.0 Å². The maximum atomic E-state index is 13.7. The van der Waals surface area contributed by atoms with Crippen LogP contribution in [-0.2, 0) is 5.92 Å². The number of anilines is 1. The van der Waals surface area contributed by atoms with Gasteiger partial charge in [0.2, 0.25) is 5.88 Å². The molecule has 1 N–H and O–H groups in total. The minimum atomic E-state index is -6.45. The summed E-state index contributed by atoms with van der Waals surface area (Å²) in [5.74, 6) is -12.0. The third kappa shape index (κ3) is 4.63. The Bertz CT molecular complexity index is 1070. The molecule has 1 aromatic carbocycles. The van der Waals surface area contributed by atoms with Crippen LogP contribution in [0.5, 0.6) is 11.6 Å². The summed E-state index contributed by atoms with van der Waals surface area (Å²) in [5, 5.41) is 2.38. The summed E-state index contributed by atoms with van der Waals surface area (Å²) < 4.78 is 96.0. The summed E-state index contributed by atoms with van der Waals surface area (Å²) in [6.07, 6.45) is -2.22. The van der Waals surface area contributed by atoms with Crippen molar-refractivity contribution >= 4 is 11.6 Å². The first-order chi connectivity index (χ1) is 14.9. The molecule has 1 amide bonds. The average molecular weight is 459 g/mol. The van der Waals surface area contributed by atoms with Gasteiger partial charge in [0.1, 0.15) is 5.75 Å². The molecule has 0 bridgehead atoms. The first-order valence-corrected chi connectivity index (χ1v) is 8.70. The van der Waals surface area contributed by atoms with Crippen LogP contribution in [0.4, 0.5) is 36.4 Å². The Morgan fingerprint density at radius 3 is 2.09 bits per heavy atom. The molecule has 0 aliphatic carbocycles. The van der Waals surface area contributed by atoms with E-state index in [-0.39, 0.29) is 17.1 Å². The second kappa shape index (κ2) is 8.44. The molecule has 0 unspecified atom stereocenters. The fraction of sp³-hybridized carbons (Fsp3) is 0.150. The van der Waals surface area contributed by atoms with Crippen molar-refractivity contribution in [1.82, 2.24) is 9.97 Å². The third-order valence-corrected chi connectivity index (χ3v) is 4.11. The minimum Gasteiger partial charge on any atom is -0.437 e. The summed E-state index contributed by atoms with van der Waals surface area (Å²) >= 11 is 0. The summed E-state index contributed by atoms with van der Waals surface area (Å²) in [4.78, 5) is 20.0. The molecule has 32 heavy (non-hydrogen) atoms. The second-order valence-electron chi connectivity index (χ2n) is 6.35. The van der Waals surface area contributed by atoms with Crippen LogP contribution >= 0.6 is 0 Å². The van der Waals surface area contributed by atoms with Crippen LogP contribution in [0.1, 0.15) is 15.9 Å². The van der Waals surface area contributed by atoms with Crippen molar-refractivity contribution in [2.24, 2.45) is 0 Å². The lowest BCUT2D eigenvalue weighted by Gasteiger charge is -2.28. The van der Waals surface area contributed by atoms with Crippen LogP contribution in [0.2, 0.25) is 0 Å². The molecule has 0 radical (unpaired) electrons. The van der Waals surface area contributed by atoms with E-state index >= 15 is 0 Å².